The molecule has 0 aliphatic rings. The molecule has 0 heterocycles. The van der Waals surface area contributed by atoms with Gasteiger partial charge in [-0.1, -0.05) is 27.2 Å². The average molecular weight is 228 g/mol. The molecule has 96 valence electrons. The Hall–Kier alpha value is -0.570. The van der Waals surface area contributed by atoms with Gasteiger partial charge in [-0.2, -0.15) is 0 Å². The Bertz CT molecular complexity index is 214. The van der Waals surface area contributed by atoms with Crippen molar-refractivity contribution in [2.75, 3.05) is 6.54 Å². The van der Waals surface area contributed by atoms with E-state index >= 15 is 0 Å². The highest BCUT2D eigenvalue weighted by molar-refractivity contribution is 5.81. The second kappa shape index (κ2) is 6.89. The van der Waals surface area contributed by atoms with Gasteiger partial charge in [0.05, 0.1) is 6.04 Å². The van der Waals surface area contributed by atoms with Crippen molar-refractivity contribution in [2.45, 2.75) is 66.0 Å². The molecule has 2 unspecified atom stereocenters. The van der Waals surface area contributed by atoms with Gasteiger partial charge in [0, 0.05) is 5.54 Å². The maximum absolute atomic E-state index is 11.8. The van der Waals surface area contributed by atoms with Crippen LogP contribution in [0.4, 0.5) is 0 Å². The van der Waals surface area contributed by atoms with Gasteiger partial charge in [-0.3, -0.25) is 4.79 Å². The fraction of sp³-hybridized carbons (Fsp3) is 0.923. The molecule has 0 aromatic carbocycles. The van der Waals surface area contributed by atoms with Crippen molar-refractivity contribution in [1.82, 2.24) is 10.6 Å². The molecule has 0 rings (SSSR count). The average Bonchev–Trinajstić information content (AvgIpc) is 2.24. The van der Waals surface area contributed by atoms with Crippen LogP contribution in [0.2, 0.25) is 0 Å². The Morgan fingerprint density at radius 3 is 2.25 bits per heavy atom. The Morgan fingerprint density at radius 2 is 1.81 bits per heavy atom. The molecule has 2 N–H and O–H groups in total. The number of amides is 1. The zero-order valence-corrected chi connectivity index (χ0v) is 11.7. The van der Waals surface area contributed by atoms with E-state index in [4.69, 9.17) is 0 Å². The monoisotopic (exact) mass is 228 g/mol. The summed E-state index contributed by atoms with van der Waals surface area (Å²) in [5, 5.41) is 6.31. The summed E-state index contributed by atoms with van der Waals surface area (Å²) in [6, 6.07) is -0.111. The maximum atomic E-state index is 11.8. The molecule has 0 bridgehead atoms. The predicted octanol–water partition coefficient (Wildman–Crippen LogP) is 2.32. The van der Waals surface area contributed by atoms with Gasteiger partial charge >= 0.3 is 0 Å². The van der Waals surface area contributed by atoms with Crippen molar-refractivity contribution in [3.05, 3.63) is 0 Å². The molecule has 0 aromatic heterocycles. The van der Waals surface area contributed by atoms with Gasteiger partial charge in [0.15, 0.2) is 0 Å². The van der Waals surface area contributed by atoms with Crippen LogP contribution >= 0.6 is 0 Å². The van der Waals surface area contributed by atoms with Gasteiger partial charge in [-0.25, -0.2) is 0 Å². The molecule has 0 saturated carbocycles. The van der Waals surface area contributed by atoms with Crippen molar-refractivity contribution >= 4 is 5.91 Å². The summed E-state index contributed by atoms with van der Waals surface area (Å²) in [5.74, 6) is 0.713. The highest BCUT2D eigenvalue weighted by Crippen LogP contribution is 2.07. The van der Waals surface area contributed by atoms with Crippen LogP contribution in [-0.4, -0.2) is 24.0 Å². The lowest BCUT2D eigenvalue weighted by Gasteiger charge is -2.27. The summed E-state index contributed by atoms with van der Waals surface area (Å²) in [5.41, 5.74) is -0.108. The van der Waals surface area contributed by atoms with Gasteiger partial charge in [0.25, 0.3) is 0 Å². The second-order valence-electron chi connectivity index (χ2n) is 5.37. The highest BCUT2D eigenvalue weighted by atomic mass is 16.2. The van der Waals surface area contributed by atoms with Gasteiger partial charge in [0.2, 0.25) is 5.91 Å². The van der Waals surface area contributed by atoms with Gasteiger partial charge in [0.1, 0.15) is 0 Å². The minimum Gasteiger partial charge on any atom is -0.350 e. The SMILES string of the molecule is CCC(C)CNC(C)C(=O)NC(C)(C)CC. The van der Waals surface area contributed by atoms with E-state index in [0.29, 0.717) is 5.92 Å². The van der Waals surface area contributed by atoms with Crippen LogP contribution in [-0.2, 0) is 4.79 Å². The molecule has 16 heavy (non-hydrogen) atoms. The number of carbonyl (C=O) groups excluding carboxylic acids is 1. The van der Waals surface area contributed by atoms with Crippen molar-refractivity contribution in [3.8, 4) is 0 Å². The summed E-state index contributed by atoms with van der Waals surface area (Å²) < 4.78 is 0. The minimum absolute atomic E-state index is 0.0927. The Labute approximate surface area is 100 Å². The number of rotatable bonds is 7. The first-order chi connectivity index (χ1) is 7.32. The number of carbonyl (C=O) groups is 1. The van der Waals surface area contributed by atoms with E-state index in [2.05, 4.69) is 31.4 Å². The summed E-state index contributed by atoms with van der Waals surface area (Å²) in [7, 11) is 0. The van der Waals surface area contributed by atoms with E-state index in [1.807, 2.05) is 20.8 Å². The molecule has 0 fully saturated rings. The molecule has 0 aromatic rings. The van der Waals surface area contributed by atoms with Crippen LogP contribution in [0, 0.1) is 5.92 Å². The molecule has 0 radical (unpaired) electrons. The van der Waals surface area contributed by atoms with Gasteiger partial charge in [-0.05, 0) is 39.7 Å². The van der Waals surface area contributed by atoms with E-state index in [9.17, 15) is 4.79 Å². The lowest BCUT2D eigenvalue weighted by atomic mass is 10.0. The quantitative estimate of drug-likeness (QED) is 0.702. The second-order valence-corrected chi connectivity index (χ2v) is 5.37. The lowest BCUT2D eigenvalue weighted by Crippen LogP contribution is -2.51. The van der Waals surface area contributed by atoms with E-state index < -0.39 is 0 Å². The fourth-order valence-corrected chi connectivity index (χ4v) is 1.15. The Morgan fingerprint density at radius 1 is 1.25 bits per heavy atom. The smallest absolute Gasteiger partial charge is 0.237 e. The van der Waals surface area contributed by atoms with Crippen LogP contribution in [0.5, 0.6) is 0 Å². The summed E-state index contributed by atoms with van der Waals surface area (Å²) in [6.45, 7) is 13.3. The molecule has 2 atom stereocenters. The molecule has 0 aliphatic carbocycles. The minimum atomic E-state index is -0.111. The van der Waals surface area contributed by atoms with Crippen LogP contribution in [0.3, 0.4) is 0 Å². The summed E-state index contributed by atoms with van der Waals surface area (Å²) in [4.78, 5) is 11.8. The number of nitrogens with one attached hydrogen (secondary N) is 2. The Kier molecular flexibility index (Phi) is 6.65. The van der Waals surface area contributed by atoms with E-state index in [0.717, 1.165) is 19.4 Å². The molecule has 0 aliphatic heterocycles. The number of hydrogen-bond acceptors (Lipinski definition) is 2. The topological polar surface area (TPSA) is 41.1 Å². The zero-order valence-electron chi connectivity index (χ0n) is 11.7. The number of hydrogen-bond donors (Lipinski definition) is 2. The summed E-state index contributed by atoms with van der Waals surface area (Å²) in [6.07, 6.45) is 2.08. The van der Waals surface area contributed by atoms with Crippen LogP contribution in [0.1, 0.15) is 54.4 Å². The zero-order chi connectivity index (χ0) is 12.8. The van der Waals surface area contributed by atoms with Gasteiger partial charge < -0.3 is 10.6 Å². The normalized spacial score (nSPS) is 15.6. The van der Waals surface area contributed by atoms with E-state index in [1.165, 1.54) is 0 Å². The molecular formula is C13H28N2O. The predicted molar refractivity (Wildman–Crippen MR) is 69.4 cm³/mol. The van der Waals surface area contributed by atoms with Crippen LogP contribution < -0.4 is 10.6 Å². The first-order valence-corrected chi connectivity index (χ1v) is 6.37. The fourth-order valence-electron chi connectivity index (χ4n) is 1.15. The molecule has 3 nitrogen and oxygen atoms in total. The van der Waals surface area contributed by atoms with Gasteiger partial charge in [-0.15, -0.1) is 0 Å². The largest absolute Gasteiger partial charge is 0.350 e. The van der Waals surface area contributed by atoms with Crippen molar-refractivity contribution < 1.29 is 4.79 Å². The van der Waals surface area contributed by atoms with Crippen LogP contribution in [0.15, 0.2) is 0 Å². The van der Waals surface area contributed by atoms with Crippen molar-refractivity contribution in [2.24, 2.45) is 5.92 Å². The third-order valence-electron chi connectivity index (χ3n) is 3.21. The third kappa shape index (κ3) is 6.11. The Balaban J connectivity index is 4.00. The van der Waals surface area contributed by atoms with Crippen molar-refractivity contribution in [3.63, 3.8) is 0 Å². The van der Waals surface area contributed by atoms with Crippen LogP contribution in [0.25, 0.3) is 0 Å². The first-order valence-electron chi connectivity index (χ1n) is 6.37. The maximum Gasteiger partial charge on any atom is 0.237 e. The molecule has 0 spiro atoms. The van der Waals surface area contributed by atoms with E-state index in [1.54, 1.807) is 0 Å². The highest BCUT2D eigenvalue weighted by Gasteiger charge is 2.21. The standard InChI is InChI=1S/C13H28N2O/c1-7-10(3)9-14-11(4)12(16)15-13(5,6)8-2/h10-11,14H,7-9H2,1-6H3,(H,15,16). The lowest BCUT2D eigenvalue weighted by molar-refractivity contribution is -0.124. The molecule has 3 heteroatoms. The third-order valence-corrected chi connectivity index (χ3v) is 3.21. The summed E-state index contributed by atoms with van der Waals surface area (Å²) >= 11 is 0. The molecule has 0 saturated heterocycles. The first kappa shape index (κ1) is 15.4. The van der Waals surface area contributed by atoms with E-state index in [-0.39, 0.29) is 17.5 Å². The molecule has 1 amide bonds. The molecular weight excluding hydrogens is 200 g/mol. The van der Waals surface area contributed by atoms with Crippen molar-refractivity contribution in [1.29, 1.82) is 0 Å².